The van der Waals surface area contributed by atoms with Gasteiger partial charge in [-0.1, -0.05) is 28.8 Å². The molecule has 19 heavy (non-hydrogen) atoms. The fourth-order valence-corrected chi connectivity index (χ4v) is 3.17. The average molecular weight is 327 g/mol. The summed E-state index contributed by atoms with van der Waals surface area (Å²) in [5, 5.41) is 10.3. The van der Waals surface area contributed by atoms with Gasteiger partial charge in [0.15, 0.2) is 0 Å². The van der Waals surface area contributed by atoms with Gasteiger partial charge in [-0.05, 0) is 31.0 Å². The number of anilines is 1. The van der Waals surface area contributed by atoms with Crippen molar-refractivity contribution < 1.29 is 9.90 Å². The van der Waals surface area contributed by atoms with Gasteiger partial charge < -0.3 is 15.7 Å². The molecule has 0 aromatic heterocycles. The van der Waals surface area contributed by atoms with Gasteiger partial charge in [-0.3, -0.25) is 4.79 Å². The molecule has 1 aliphatic carbocycles. The number of amides is 1. The van der Waals surface area contributed by atoms with Crippen molar-refractivity contribution in [2.24, 2.45) is 0 Å². The Morgan fingerprint density at radius 3 is 2.63 bits per heavy atom. The van der Waals surface area contributed by atoms with Crippen molar-refractivity contribution in [1.29, 1.82) is 0 Å². The number of halogens is 1. The molecule has 3 N–H and O–H groups in total. The van der Waals surface area contributed by atoms with Crippen LogP contribution in [-0.2, 0) is 0 Å². The molecule has 0 saturated heterocycles. The van der Waals surface area contributed by atoms with E-state index in [9.17, 15) is 9.90 Å². The van der Waals surface area contributed by atoms with Crippen LogP contribution in [0.5, 0.6) is 0 Å². The third kappa shape index (κ3) is 3.48. The number of rotatable bonds is 3. The van der Waals surface area contributed by atoms with Crippen LogP contribution in [0.2, 0.25) is 0 Å². The van der Waals surface area contributed by atoms with Crippen LogP contribution < -0.4 is 5.73 Å². The zero-order valence-corrected chi connectivity index (χ0v) is 12.6. The van der Waals surface area contributed by atoms with Crippen molar-refractivity contribution in [3.63, 3.8) is 0 Å². The predicted molar refractivity (Wildman–Crippen MR) is 78.9 cm³/mol. The van der Waals surface area contributed by atoms with E-state index in [-0.39, 0.29) is 5.91 Å². The third-order valence-electron chi connectivity index (χ3n) is 3.58. The van der Waals surface area contributed by atoms with Crippen LogP contribution in [0.3, 0.4) is 0 Å². The summed E-state index contributed by atoms with van der Waals surface area (Å²) in [6, 6.07) is 5.15. The van der Waals surface area contributed by atoms with Gasteiger partial charge in [-0.15, -0.1) is 0 Å². The molecule has 0 bridgehead atoms. The van der Waals surface area contributed by atoms with E-state index in [0.29, 0.717) is 17.8 Å². The summed E-state index contributed by atoms with van der Waals surface area (Å²) in [4.78, 5) is 13.9. The molecule has 1 amide bonds. The Kier molecular flexibility index (Phi) is 4.16. The van der Waals surface area contributed by atoms with Crippen LogP contribution in [0.4, 0.5) is 5.69 Å². The summed E-state index contributed by atoms with van der Waals surface area (Å²) in [7, 11) is 1.72. The molecule has 0 heterocycles. The first kappa shape index (κ1) is 14.3. The van der Waals surface area contributed by atoms with Crippen molar-refractivity contribution in [3.05, 3.63) is 28.2 Å². The lowest BCUT2D eigenvalue weighted by Crippen LogP contribution is -2.42. The molecule has 0 unspecified atom stereocenters. The monoisotopic (exact) mass is 326 g/mol. The molecule has 1 aromatic rings. The molecule has 1 aliphatic rings. The van der Waals surface area contributed by atoms with Gasteiger partial charge in [0.1, 0.15) is 0 Å². The number of aliphatic hydroxyl groups is 1. The summed E-state index contributed by atoms with van der Waals surface area (Å²) in [6.07, 6.45) is 3.60. The van der Waals surface area contributed by atoms with Gasteiger partial charge in [0.2, 0.25) is 0 Å². The van der Waals surface area contributed by atoms with Gasteiger partial charge >= 0.3 is 0 Å². The largest absolute Gasteiger partial charge is 0.399 e. The summed E-state index contributed by atoms with van der Waals surface area (Å²) < 4.78 is 0.781. The highest BCUT2D eigenvalue weighted by Gasteiger charge is 2.33. The van der Waals surface area contributed by atoms with Gasteiger partial charge in [0, 0.05) is 29.3 Å². The first-order valence-corrected chi connectivity index (χ1v) is 7.23. The zero-order chi connectivity index (χ0) is 14.0. The van der Waals surface area contributed by atoms with Crippen LogP contribution >= 0.6 is 15.9 Å². The van der Waals surface area contributed by atoms with Crippen LogP contribution in [0.15, 0.2) is 22.7 Å². The minimum absolute atomic E-state index is 0.117. The second-order valence-corrected chi connectivity index (χ2v) is 6.28. The van der Waals surface area contributed by atoms with Gasteiger partial charge in [0.05, 0.1) is 5.60 Å². The average Bonchev–Trinajstić information content (AvgIpc) is 2.73. The van der Waals surface area contributed by atoms with Crippen LogP contribution in [0, 0.1) is 0 Å². The quantitative estimate of drug-likeness (QED) is 0.838. The first-order chi connectivity index (χ1) is 8.89. The fourth-order valence-electron chi connectivity index (χ4n) is 2.66. The lowest BCUT2D eigenvalue weighted by molar-refractivity contribution is 0.0157. The van der Waals surface area contributed by atoms with Crippen LogP contribution in [-0.4, -0.2) is 35.1 Å². The number of nitrogens with zero attached hydrogens (tertiary/aromatic N) is 1. The van der Waals surface area contributed by atoms with E-state index in [0.717, 1.165) is 30.2 Å². The van der Waals surface area contributed by atoms with Gasteiger partial charge in [0.25, 0.3) is 5.91 Å². The second kappa shape index (κ2) is 5.51. The Balaban J connectivity index is 2.10. The Labute approximate surface area is 121 Å². The predicted octanol–water partition coefficient (Wildman–Crippen LogP) is 2.41. The van der Waals surface area contributed by atoms with Crippen molar-refractivity contribution >= 4 is 27.5 Å². The number of likely N-dealkylation sites (N-methyl/N-ethyl adjacent to an activating group) is 1. The van der Waals surface area contributed by atoms with E-state index < -0.39 is 5.60 Å². The number of nitrogens with two attached hydrogens (primary N) is 1. The van der Waals surface area contributed by atoms with E-state index >= 15 is 0 Å². The number of carbonyl (C=O) groups is 1. The van der Waals surface area contributed by atoms with Crippen molar-refractivity contribution in [1.82, 2.24) is 4.90 Å². The summed E-state index contributed by atoms with van der Waals surface area (Å²) in [6.45, 7) is 0.373. The summed E-state index contributed by atoms with van der Waals surface area (Å²) >= 11 is 3.33. The number of carbonyl (C=O) groups excluding carboxylic acids is 1. The van der Waals surface area contributed by atoms with Crippen LogP contribution in [0.1, 0.15) is 36.0 Å². The second-order valence-electron chi connectivity index (χ2n) is 5.37. The lowest BCUT2D eigenvalue weighted by atomic mass is 10.0. The third-order valence-corrected chi connectivity index (χ3v) is 4.04. The minimum atomic E-state index is -0.720. The van der Waals surface area contributed by atoms with E-state index in [4.69, 9.17) is 5.73 Å². The fraction of sp³-hybridized carbons (Fsp3) is 0.500. The maximum atomic E-state index is 12.3. The molecular formula is C14H19BrN2O2. The van der Waals surface area contributed by atoms with Gasteiger partial charge in [-0.25, -0.2) is 0 Å². The molecule has 1 saturated carbocycles. The normalized spacial score (nSPS) is 17.4. The Morgan fingerprint density at radius 2 is 2.05 bits per heavy atom. The first-order valence-electron chi connectivity index (χ1n) is 6.44. The molecule has 0 aliphatic heterocycles. The standard InChI is InChI=1S/C14H19BrN2O2/c1-17(9-14(19)4-2-3-5-14)13(18)10-6-11(15)8-12(16)7-10/h6-8,19H,2-5,9,16H2,1H3. The lowest BCUT2D eigenvalue weighted by Gasteiger charge is -2.28. The van der Waals surface area contributed by atoms with E-state index in [1.807, 2.05) is 0 Å². The molecule has 2 rings (SSSR count). The number of hydrogen-bond acceptors (Lipinski definition) is 3. The molecule has 0 radical (unpaired) electrons. The number of hydrogen-bond donors (Lipinski definition) is 2. The highest BCUT2D eigenvalue weighted by Crippen LogP contribution is 2.30. The topological polar surface area (TPSA) is 66.6 Å². The number of nitrogen functional groups attached to an aromatic ring is 1. The molecule has 1 fully saturated rings. The molecule has 5 heteroatoms. The van der Waals surface area contributed by atoms with Crippen molar-refractivity contribution in [3.8, 4) is 0 Å². The molecule has 0 atom stereocenters. The Morgan fingerprint density at radius 1 is 1.42 bits per heavy atom. The molecule has 0 spiro atoms. The summed E-state index contributed by atoms with van der Waals surface area (Å²) in [5.74, 6) is -0.117. The van der Waals surface area contributed by atoms with Crippen molar-refractivity contribution in [2.75, 3.05) is 19.3 Å². The molecule has 1 aromatic carbocycles. The molecular weight excluding hydrogens is 308 g/mol. The van der Waals surface area contributed by atoms with Crippen molar-refractivity contribution in [2.45, 2.75) is 31.3 Å². The zero-order valence-electron chi connectivity index (χ0n) is 11.0. The van der Waals surface area contributed by atoms with E-state index in [1.165, 1.54) is 0 Å². The van der Waals surface area contributed by atoms with E-state index in [1.54, 1.807) is 30.1 Å². The number of benzene rings is 1. The maximum Gasteiger partial charge on any atom is 0.253 e. The van der Waals surface area contributed by atoms with Crippen LogP contribution in [0.25, 0.3) is 0 Å². The smallest absolute Gasteiger partial charge is 0.253 e. The van der Waals surface area contributed by atoms with Gasteiger partial charge in [-0.2, -0.15) is 0 Å². The summed E-state index contributed by atoms with van der Waals surface area (Å²) in [5.41, 5.74) is 6.10. The Bertz CT molecular complexity index is 464. The Hall–Kier alpha value is -1.07. The highest BCUT2D eigenvalue weighted by atomic mass is 79.9. The maximum absolute atomic E-state index is 12.3. The molecule has 4 nitrogen and oxygen atoms in total. The minimum Gasteiger partial charge on any atom is -0.399 e. The SMILES string of the molecule is CN(CC1(O)CCCC1)C(=O)c1cc(N)cc(Br)c1. The highest BCUT2D eigenvalue weighted by molar-refractivity contribution is 9.10. The molecule has 104 valence electrons. The van der Waals surface area contributed by atoms with E-state index in [2.05, 4.69) is 15.9 Å².